The van der Waals surface area contributed by atoms with Crippen molar-refractivity contribution in [1.29, 1.82) is 0 Å². The third-order valence-electron chi connectivity index (χ3n) is 4.34. The summed E-state index contributed by atoms with van der Waals surface area (Å²) in [5, 5.41) is 0. The van der Waals surface area contributed by atoms with E-state index in [4.69, 9.17) is 9.15 Å². The van der Waals surface area contributed by atoms with Crippen molar-refractivity contribution in [2.45, 2.75) is 26.3 Å². The fraction of sp³-hybridized carbons (Fsp3) is 0.217. The molecule has 0 radical (unpaired) electrons. The van der Waals surface area contributed by atoms with Gasteiger partial charge in [-0.25, -0.2) is 14.0 Å². The van der Waals surface area contributed by atoms with Crippen LogP contribution in [0.1, 0.15) is 31.0 Å². The van der Waals surface area contributed by atoms with Crippen molar-refractivity contribution in [2.24, 2.45) is 0 Å². The van der Waals surface area contributed by atoms with E-state index in [9.17, 15) is 14.0 Å². The maximum atomic E-state index is 13.3. The van der Waals surface area contributed by atoms with Crippen molar-refractivity contribution in [2.75, 3.05) is 6.61 Å². The molecule has 0 aliphatic carbocycles. The second-order valence-electron chi connectivity index (χ2n) is 6.52. The van der Waals surface area contributed by atoms with Gasteiger partial charge in [0, 0.05) is 11.6 Å². The molecule has 1 heterocycles. The Labute approximate surface area is 168 Å². The molecule has 6 heteroatoms. The van der Waals surface area contributed by atoms with E-state index in [0.717, 1.165) is 18.4 Å². The van der Waals surface area contributed by atoms with Gasteiger partial charge >= 0.3 is 11.7 Å². The van der Waals surface area contributed by atoms with E-state index in [0.29, 0.717) is 17.9 Å². The number of halogens is 1. The van der Waals surface area contributed by atoms with Gasteiger partial charge < -0.3 is 9.15 Å². The lowest BCUT2D eigenvalue weighted by Gasteiger charge is -2.05. The van der Waals surface area contributed by atoms with E-state index in [1.54, 1.807) is 0 Å². The topological polar surface area (TPSA) is 61.4 Å². The average Bonchev–Trinajstić information content (AvgIpc) is 3.03. The molecule has 0 fully saturated rings. The third-order valence-corrected chi connectivity index (χ3v) is 4.34. The van der Waals surface area contributed by atoms with Gasteiger partial charge in [0.1, 0.15) is 5.82 Å². The molecule has 0 saturated heterocycles. The van der Waals surface area contributed by atoms with Gasteiger partial charge in [-0.05, 0) is 42.3 Å². The van der Waals surface area contributed by atoms with Crippen LogP contribution in [-0.2, 0) is 16.1 Å². The summed E-state index contributed by atoms with van der Waals surface area (Å²) in [5.41, 5.74) is 1.86. The van der Waals surface area contributed by atoms with Crippen LogP contribution >= 0.6 is 0 Å². The molecule has 0 aliphatic heterocycles. The molecule has 0 unspecified atom stereocenters. The first-order valence-corrected chi connectivity index (χ1v) is 9.47. The monoisotopic (exact) mass is 395 g/mol. The summed E-state index contributed by atoms with van der Waals surface area (Å²) in [6.07, 6.45) is 4.48. The Morgan fingerprint density at radius 1 is 1.14 bits per heavy atom. The molecular weight excluding hydrogens is 373 g/mol. The van der Waals surface area contributed by atoms with Crippen molar-refractivity contribution < 1.29 is 18.3 Å². The number of benzene rings is 2. The standard InChI is InChI=1S/C23H22FNO4/c1-2-3-15-28-21(26)14-13-20-22(18-9-11-19(24)12-10-18)29-23(27)25(20)16-17-7-5-4-6-8-17/h4-14H,2-3,15-16H2,1H3/b14-13+. The van der Waals surface area contributed by atoms with Crippen molar-refractivity contribution in [3.63, 3.8) is 0 Å². The summed E-state index contributed by atoms with van der Waals surface area (Å²) in [7, 11) is 0. The van der Waals surface area contributed by atoms with Crippen molar-refractivity contribution >= 4 is 12.0 Å². The number of rotatable bonds is 8. The molecule has 150 valence electrons. The van der Waals surface area contributed by atoms with Gasteiger partial charge in [0.2, 0.25) is 0 Å². The molecule has 0 atom stereocenters. The maximum Gasteiger partial charge on any atom is 0.420 e. The lowest BCUT2D eigenvalue weighted by atomic mass is 10.1. The first-order valence-electron chi connectivity index (χ1n) is 9.47. The van der Waals surface area contributed by atoms with Gasteiger partial charge in [-0.15, -0.1) is 0 Å². The average molecular weight is 395 g/mol. The van der Waals surface area contributed by atoms with E-state index in [-0.39, 0.29) is 12.3 Å². The predicted molar refractivity (Wildman–Crippen MR) is 109 cm³/mol. The third kappa shape index (κ3) is 5.31. The second-order valence-corrected chi connectivity index (χ2v) is 6.52. The van der Waals surface area contributed by atoms with Gasteiger partial charge in [0.15, 0.2) is 5.76 Å². The molecule has 0 N–H and O–H groups in total. The number of hydrogen-bond acceptors (Lipinski definition) is 4. The van der Waals surface area contributed by atoms with Gasteiger partial charge in [0.05, 0.1) is 18.8 Å². The van der Waals surface area contributed by atoms with Gasteiger partial charge in [-0.1, -0.05) is 43.7 Å². The largest absolute Gasteiger partial charge is 0.463 e. The lowest BCUT2D eigenvalue weighted by Crippen LogP contribution is -2.16. The molecule has 3 aromatic rings. The zero-order chi connectivity index (χ0) is 20.6. The number of hydrogen-bond donors (Lipinski definition) is 0. The molecule has 5 nitrogen and oxygen atoms in total. The first kappa shape index (κ1) is 20.3. The highest BCUT2D eigenvalue weighted by molar-refractivity contribution is 5.88. The quantitative estimate of drug-likeness (QED) is 0.316. The van der Waals surface area contributed by atoms with Gasteiger partial charge in [-0.2, -0.15) is 0 Å². The molecule has 0 amide bonds. The number of aromatic nitrogens is 1. The summed E-state index contributed by atoms with van der Waals surface area (Å²) in [5.74, 6) is -1.18. The van der Waals surface area contributed by atoms with Crippen LogP contribution in [0.2, 0.25) is 0 Å². The lowest BCUT2D eigenvalue weighted by molar-refractivity contribution is -0.137. The number of esters is 1. The Kier molecular flexibility index (Phi) is 6.79. The number of oxazole rings is 1. The minimum Gasteiger partial charge on any atom is -0.463 e. The molecule has 0 saturated carbocycles. The van der Waals surface area contributed by atoms with E-state index >= 15 is 0 Å². The molecule has 0 spiro atoms. The van der Waals surface area contributed by atoms with Crippen LogP contribution < -0.4 is 5.76 Å². The highest BCUT2D eigenvalue weighted by Gasteiger charge is 2.17. The predicted octanol–water partition coefficient (Wildman–Crippen LogP) is 4.65. The van der Waals surface area contributed by atoms with Crippen molar-refractivity contribution in [1.82, 2.24) is 4.57 Å². The zero-order valence-electron chi connectivity index (χ0n) is 16.1. The molecule has 2 aromatic carbocycles. The number of carbonyl (C=O) groups is 1. The molecule has 29 heavy (non-hydrogen) atoms. The van der Waals surface area contributed by atoms with Gasteiger partial charge in [-0.3, -0.25) is 4.57 Å². The minimum atomic E-state index is -0.563. The van der Waals surface area contributed by atoms with E-state index in [1.807, 2.05) is 37.3 Å². The molecule has 0 aliphatic rings. The van der Waals surface area contributed by atoms with Crippen LogP contribution in [-0.4, -0.2) is 17.1 Å². The summed E-state index contributed by atoms with van der Waals surface area (Å²) >= 11 is 0. The van der Waals surface area contributed by atoms with Crippen LogP contribution in [0.15, 0.2) is 69.9 Å². The van der Waals surface area contributed by atoms with Gasteiger partial charge in [0.25, 0.3) is 0 Å². The van der Waals surface area contributed by atoms with Crippen LogP contribution in [0, 0.1) is 5.82 Å². The fourth-order valence-electron chi connectivity index (χ4n) is 2.82. The minimum absolute atomic E-state index is 0.267. The number of unbranched alkanes of at least 4 members (excludes halogenated alkanes) is 1. The highest BCUT2D eigenvalue weighted by Crippen LogP contribution is 2.25. The van der Waals surface area contributed by atoms with E-state index in [2.05, 4.69) is 0 Å². The smallest absolute Gasteiger partial charge is 0.420 e. The summed E-state index contributed by atoms with van der Waals surface area (Å²) in [4.78, 5) is 24.5. The zero-order valence-corrected chi connectivity index (χ0v) is 16.1. The fourth-order valence-corrected chi connectivity index (χ4v) is 2.82. The number of ether oxygens (including phenoxy) is 1. The Bertz CT molecular complexity index is 1030. The Hall–Kier alpha value is -3.41. The van der Waals surface area contributed by atoms with E-state index in [1.165, 1.54) is 41.0 Å². The van der Waals surface area contributed by atoms with Crippen molar-refractivity contribution in [3.05, 3.63) is 88.3 Å². The Morgan fingerprint density at radius 2 is 1.86 bits per heavy atom. The van der Waals surface area contributed by atoms with E-state index < -0.39 is 17.5 Å². The summed E-state index contributed by atoms with van der Waals surface area (Å²) < 4.78 is 25.3. The van der Waals surface area contributed by atoms with Crippen LogP contribution in [0.4, 0.5) is 4.39 Å². The SMILES string of the molecule is CCCCOC(=O)/C=C/c1c(-c2ccc(F)cc2)oc(=O)n1Cc1ccccc1. The van der Waals surface area contributed by atoms with Crippen LogP contribution in [0.25, 0.3) is 17.4 Å². The van der Waals surface area contributed by atoms with Crippen LogP contribution in [0.3, 0.4) is 0 Å². The second kappa shape index (κ2) is 9.68. The number of nitrogens with zero attached hydrogens (tertiary/aromatic N) is 1. The molecule has 1 aromatic heterocycles. The highest BCUT2D eigenvalue weighted by atomic mass is 19.1. The summed E-state index contributed by atoms with van der Waals surface area (Å²) in [6.45, 7) is 2.62. The Balaban J connectivity index is 1.98. The molecule has 3 rings (SSSR count). The first-order chi connectivity index (χ1) is 14.1. The Morgan fingerprint density at radius 3 is 2.55 bits per heavy atom. The number of carbonyl (C=O) groups excluding carboxylic acids is 1. The maximum absolute atomic E-state index is 13.3. The van der Waals surface area contributed by atoms with Crippen LogP contribution in [0.5, 0.6) is 0 Å². The molecule has 0 bridgehead atoms. The summed E-state index contributed by atoms with van der Waals surface area (Å²) in [6, 6.07) is 15.1. The molecular formula is C23H22FNO4. The normalized spacial score (nSPS) is 11.1. The van der Waals surface area contributed by atoms with Crippen molar-refractivity contribution in [3.8, 4) is 11.3 Å².